The summed E-state index contributed by atoms with van der Waals surface area (Å²) in [6, 6.07) is 0.462. The average molecular weight is 368 g/mol. The summed E-state index contributed by atoms with van der Waals surface area (Å²) in [6.45, 7) is 8.39. The number of nitrogens with zero attached hydrogens (tertiary/aromatic N) is 2. The molecule has 26 heavy (non-hydrogen) atoms. The van der Waals surface area contributed by atoms with Crippen molar-refractivity contribution >= 4 is 11.9 Å². The molecule has 5 atom stereocenters. The van der Waals surface area contributed by atoms with Crippen LogP contribution >= 0.6 is 0 Å². The maximum Gasteiger partial charge on any atom is 0.317 e. The number of likely N-dealkylation sites (tertiary alicyclic amines) is 1. The number of aliphatic carboxylic acids is 1. The fraction of sp³-hybridized carbons (Fsp3) is 0.900. The summed E-state index contributed by atoms with van der Waals surface area (Å²) < 4.78 is 0. The second-order valence-corrected chi connectivity index (χ2v) is 8.49. The number of nitrogens with one attached hydrogen (secondary N) is 1. The molecule has 0 aromatic heterocycles. The largest absolute Gasteiger partial charge is 0.480 e. The maximum absolute atomic E-state index is 12.8. The van der Waals surface area contributed by atoms with E-state index in [9.17, 15) is 9.59 Å². The van der Waals surface area contributed by atoms with E-state index in [1.165, 1.54) is 12.8 Å². The number of rotatable bonds is 6. The molecule has 5 unspecified atom stereocenters. The Labute approximate surface area is 158 Å². The molecule has 1 aliphatic carbocycles. The normalized spacial score (nSPS) is 32.0. The van der Waals surface area contributed by atoms with Crippen LogP contribution in [-0.2, 0) is 9.59 Å². The Kier molecular flexibility index (Phi) is 7.89. The van der Waals surface area contributed by atoms with Crippen LogP contribution in [0.4, 0.5) is 0 Å². The van der Waals surface area contributed by atoms with Crippen molar-refractivity contribution in [3.63, 3.8) is 0 Å². The Morgan fingerprint density at radius 3 is 2.58 bits per heavy atom. The van der Waals surface area contributed by atoms with Crippen LogP contribution in [0.2, 0.25) is 0 Å². The molecule has 0 aromatic carbocycles. The fourth-order valence-electron chi connectivity index (χ4n) is 4.53. The minimum Gasteiger partial charge on any atom is -0.480 e. The molecule has 1 aliphatic heterocycles. The summed E-state index contributed by atoms with van der Waals surface area (Å²) in [5, 5.41) is 12.3. The van der Waals surface area contributed by atoms with Gasteiger partial charge in [0, 0.05) is 18.6 Å². The van der Waals surface area contributed by atoms with E-state index in [0.717, 1.165) is 38.8 Å². The number of carbonyl (C=O) groups excluding carboxylic acids is 1. The van der Waals surface area contributed by atoms with Crippen molar-refractivity contribution < 1.29 is 14.7 Å². The summed E-state index contributed by atoms with van der Waals surface area (Å²) in [7, 11) is 1.89. The van der Waals surface area contributed by atoms with Crippen molar-refractivity contribution in [1.29, 1.82) is 0 Å². The molecule has 0 spiro atoms. The summed E-state index contributed by atoms with van der Waals surface area (Å²) in [4.78, 5) is 27.9. The molecule has 6 heteroatoms. The molecular formula is C20H37N3O3. The highest BCUT2D eigenvalue weighted by atomic mass is 16.4. The van der Waals surface area contributed by atoms with Crippen molar-refractivity contribution in [3.8, 4) is 0 Å². The fourth-order valence-corrected chi connectivity index (χ4v) is 4.53. The lowest BCUT2D eigenvalue weighted by Gasteiger charge is -2.36. The third-order valence-corrected chi connectivity index (χ3v) is 6.70. The number of amides is 1. The molecule has 1 saturated heterocycles. The van der Waals surface area contributed by atoms with Gasteiger partial charge in [-0.2, -0.15) is 0 Å². The van der Waals surface area contributed by atoms with E-state index in [0.29, 0.717) is 17.9 Å². The molecule has 2 N–H and O–H groups in total. The third-order valence-electron chi connectivity index (χ3n) is 6.70. The first-order valence-corrected chi connectivity index (χ1v) is 10.3. The molecule has 0 aromatic rings. The quantitative estimate of drug-likeness (QED) is 0.753. The molecule has 0 bridgehead atoms. The predicted octanol–water partition coefficient (Wildman–Crippen LogP) is 2.19. The van der Waals surface area contributed by atoms with Crippen LogP contribution in [0.25, 0.3) is 0 Å². The molecule has 2 aliphatic rings. The van der Waals surface area contributed by atoms with Crippen LogP contribution in [0.3, 0.4) is 0 Å². The minimum atomic E-state index is -0.780. The number of carboxylic acids is 1. The standard InChI is InChI=1S/C20H37N3O3/c1-14-7-5-9-18(15(14)2)21-20(26)16(3)23-11-6-8-17(10-12-23)22(4)13-19(24)25/h14-18H,5-13H2,1-4H3,(H,21,26)(H,24,25). The van der Waals surface area contributed by atoms with Gasteiger partial charge in [-0.05, 0) is 58.0 Å². The van der Waals surface area contributed by atoms with Crippen molar-refractivity contribution in [3.05, 3.63) is 0 Å². The van der Waals surface area contributed by atoms with E-state index in [1.807, 2.05) is 18.9 Å². The van der Waals surface area contributed by atoms with Gasteiger partial charge in [-0.25, -0.2) is 0 Å². The van der Waals surface area contributed by atoms with Crippen LogP contribution in [0.1, 0.15) is 59.3 Å². The molecule has 150 valence electrons. The van der Waals surface area contributed by atoms with Crippen LogP contribution in [0.15, 0.2) is 0 Å². The highest BCUT2D eigenvalue weighted by molar-refractivity contribution is 5.81. The Morgan fingerprint density at radius 2 is 1.88 bits per heavy atom. The number of carbonyl (C=O) groups is 2. The summed E-state index contributed by atoms with van der Waals surface area (Å²) in [5.74, 6) is 0.580. The van der Waals surface area contributed by atoms with Crippen molar-refractivity contribution in [2.75, 3.05) is 26.7 Å². The van der Waals surface area contributed by atoms with E-state index in [4.69, 9.17) is 5.11 Å². The Balaban J connectivity index is 1.85. The highest BCUT2D eigenvalue weighted by Gasteiger charge is 2.31. The van der Waals surface area contributed by atoms with Gasteiger partial charge in [0.2, 0.25) is 5.91 Å². The first-order valence-electron chi connectivity index (χ1n) is 10.3. The predicted molar refractivity (Wildman–Crippen MR) is 103 cm³/mol. The van der Waals surface area contributed by atoms with Gasteiger partial charge in [-0.15, -0.1) is 0 Å². The first-order chi connectivity index (χ1) is 12.3. The van der Waals surface area contributed by atoms with Crippen molar-refractivity contribution in [2.45, 2.75) is 77.4 Å². The van der Waals surface area contributed by atoms with E-state index in [-0.39, 0.29) is 24.5 Å². The minimum absolute atomic E-state index is 0.0818. The summed E-state index contributed by atoms with van der Waals surface area (Å²) in [5.41, 5.74) is 0. The Bertz CT molecular complexity index is 485. The lowest BCUT2D eigenvalue weighted by atomic mass is 9.78. The van der Waals surface area contributed by atoms with Crippen LogP contribution in [-0.4, -0.2) is 71.6 Å². The van der Waals surface area contributed by atoms with E-state index < -0.39 is 5.97 Å². The van der Waals surface area contributed by atoms with Crippen molar-refractivity contribution in [2.24, 2.45) is 11.8 Å². The monoisotopic (exact) mass is 367 g/mol. The lowest BCUT2D eigenvalue weighted by molar-refractivity contribution is -0.138. The van der Waals surface area contributed by atoms with E-state index >= 15 is 0 Å². The van der Waals surface area contributed by atoms with Gasteiger partial charge < -0.3 is 10.4 Å². The Morgan fingerprint density at radius 1 is 1.15 bits per heavy atom. The van der Waals surface area contributed by atoms with Gasteiger partial charge >= 0.3 is 5.97 Å². The maximum atomic E-state index is 12.8. The average Bonchev–Trinajstić information content (AvgIpc) is 2.83. The van der Waals surface area contributed by atoms with Gasteiger partial charge in [0.05, 0.1) is 12.6 Å². The topological polar surface area (TPSA) is 72.9 Å². The smallest absolute Gasteiger partial charge is 0.317 e. The second-order valence-electron chi connectivity index (χ2n) is 8.49. The summed E-state index contributed by atoms with van der Waals surface area (Å²) >= 11 is 0. The van der Waals surface area contributed by atoms with Crippen LogP contribution in [0, 0.1) is 11.8 Å². The Hall–Kier alpha value is -1.14. The van der Waals surface area contributed by atoms with Gasteiger partial charge in [0.15, 0.2) is 0 Å². The van der Waals surface area contributed by atoms with E-state index in [1.54, 1.807) is 0 Å². The first kappa shape index (κ1) is 21.2. The lowest BCUT2D eigenvalue weighted by Crippen LogP contribution is -2.51. The van der Waals surface area contributed by atoms with Gasteiger partial charge in [-0.3, -0.25) is 19.4 Å². The molecule has 1 saturated carbocycles. The molecule has 1 heterocycles. The number of hydrogen-bond donors (Lipinski definition) is 2. The van der Waals surface area contributed by atoms with Crippen LogP contribution < -0.4 is 5.32 Å². The number of carboxylic acid groups (broad SMARTS) is 1. The van der Waals surface area contributed by atoms with Crippen LogP contribution in [0.5, 0.6) is 0 Å². The molecular weight excluding hydrogens is 330 g/mol. The van der Waals surface area contributed by atoms with E-state index in [2.05, 4.69) is 24.1 Å². The number of likely N-dealkylation sites (N-methyl/N-ethyl adjacent to an activating group) is 1. The highest BCUT2D eigenvalue weighted by Crippen LogP contribution is 2.29. The number of hydrogen-bond acceptors (Lipinski definition) is 4. The zero-order valence-electron chi connectivity index (χ0n) is 16.9. The SMILES string of the molecule is CC1CCCC(NC(=O)C(C)N2CCCC(N(C)CC(=O)O)CC2)C1C. The zero-order chi connectivity index (χ0) is 19.3. The van der Waals surface area contributed by atoms with Crippen molar-refractivity contribution in [1.82, 2.24) is 15.1 Å². The van der Waals surface area contributed by atoms with Gasteiger partial charge in [-0.1, -0.05) is 26.7 Å². The molecule has 6 nitrogen and oxygen atoms in total. The molecule has 2 fully saturated rings. The van der Waals surface area contributed by atoms with Gasteiger partial charge in [0.1, 0.15) is 0 Å². The molecule has 2 rings (SSSR count). The van der Waals surface area contributed by atoms with Gasteiger partial charge in [0.25, 0.3) is 0 Å². The third kappa shape index (κ3) is 5.68. The molecule has 0 radical (unpaired) electrons. The summed E-state index contributed by atoms with van der Waals surface area (Å²) in [6.07, 6.45) is 6.46. The molecule has 1 amide bonds. The zero-order valence-corrected chi connectivity index (χ0v) is 16.9. The second kappa shape index (κ2) is 9.70.